The molecule has 0 aromatic heterocycles. The number of carbonyl (C=O) groups is 2. The highest BCUT2D eigenvalue weighted by molar-refractivity contribution is 7.89. The van der Waals surface area contributed by atoms with E-state index in [0.717, 1.165) is 18.4 Å². The van der Waals surface area contributed by atoms with Crippen LogP contribution >= 0.6 is 11.6 Å². The lowest BCUT2D eigenvalue weighted by Crippen LogP contribution is -2.45. The molecule has 3 rings (SSSR count). The largest absolute Gasteiger partial charge is 0.348 e. The van der Waals surface area contributed by atoms with Gasteiger partial charge in [-0.1, -0.05) is 35.7 Å². The van der Waals surface area contributed by atoms with Gasteiger partial charge in [-0.05, 0) is 62.6 Å². The molecule has 2 aromatic carbocycles. The van der Waals surface area contributed by atoms with Gasteiger partial charge in [0.15, 0.2) is 0 Å². The van der Waals surface area contributed by atoms with Crippen LogP contribution in [0.1, 0.15) is 31.2 Å². The van der Waals surface area contributed by atoms with E-state index in [-0.39, 0.29) is 17.5 Å². The monoisotopic (exact) mass is 463 g/mol. The van der Waals surface area contributed by atoms with Crippen LogP contribution in [0.25, 0.3) is 0 Å². The molecule has 1 heterocycles. The molecule has 0 saturated carbocycles. The molecule has 0 bridgehead atoms. The topological polar surface area (TPSA) is 95.6 Å². The third-order valence-electron chi connectivity index (χ3n) is 5.27. The number of hydrogen-bond acceptors (Lipinski definition) is 4. The lowest BCUT2D eigenvalue weighted by atomic mass is 10.0. The number of sulfonamides is 1. The van der Waals surface area contributed by atoms with Crippen molar-refractivity contribution in [3.8, 4) is 0 Å². The summed E-state index contributed by atoms with van der Waals surface area (Å²) in [6.45, 7) is 2.56. The number of nitrogens with one attached hydrogen (secondary N) is 2. The van der Waals surface area contributed by atoms with Crippen LogP contribution in [0.5, 0.6) is 0 Å². The summed E-state index contributed by atoms with van der Waals surface area (Å²) >= 11 is 5.88. The van der Waals surface area contributed by atoms with E-state index in [1.54, 1.807) is 24.3 Å². The summed E-state index contributed by atoms with van der Waals surface area (Å²) < 4.78 is 27.6. The fourth-order valence-corrected chi connectivity index (χ4v) is 5.43. The quantitative estimate of drug-likeness (QED) is 0.642. The number of hydrogen-bond donors (Lipinski definition) is 2. The van der Waals surface area contributed by atoms with Gasteiger partial charge in [0.1, 0.15) is 0 Å². The minimum Gasteiger partial charge on any atom is -0.348 e. The molecule has 9 heteroatoms. The summed E-state index contributed by atoms with van der Waals surface area (Å²) in [5, 5.41) is 5.61. The van der Waals surface area contributed by atoms with Crippen LogP contribution in [0.3, 0.4) is 0 Å². The third kappa shape index (κ3) is 6.06. The molecular weight excluding hydrogens is 438 g/mol. The summed E-state index contributed by atoms with van der Waals surface area (Å²) in [6.07, 6.45) is 2.84. The predicted octanol–water partition coefficient (Wildman–Crippen LogP) is 3.34. The van der Waals surface area contributed by atoms with Crippen molar-refractivity contribution in [2.45, 2.75) is 43.5 Å². The summed E-state index contributed by atoms with van der Waals surface area (Å²) in [5.74, 6) is -1.50. The Balaban J connectivity index is 1.56. The highest BCUT2D eigenvalue weighted by Crippen LogP contribution is 2.27. The van der Waals surface area contributed by atoms with Gasteiger partial charge in [0, 0.05) is 29.8 Å². The first kappa shape index (κ1) is 23.2. The zero-order valence-electron chi connectivity index (χ0n) is 17.3. The first-order valence-electron chi connectivity index (χ1n) is 10.2. The lowest BCUT2D eigenvalue weighted by Gasteiger charge is -2.34. The Hall–Kier alpha value is -2.42. The van der Waals surface area contributed by atoms with Crippen LogP contribution in [0.2, 0.25) is 5.02 Å². The van der Waals surface area contributed by atoms with Gasteiger partial charge in [-0.15, -0.1) is 0 Å². The first-order valence-corrected chi connectivity index (χ1v) is 12.0. The number of amides is 2. The van der Waals surface area contributed by atoms with Crippen molar-refractivity contribution in [3.05, 3.63) is 59.1 Å². The summed E-state index contributed by atoms with van der Waals surface area (Å²) in [5.41, 5.74) is 1.59. The zero-order valence-corrected chi connectivity index (χ0v) is 18.9. The van der Waals surface area contributed by atoms with Crippen LogP contribution < -0.4 is 10.6 Å². The Morgan fingerprint density at radius 3 is 2.39 bits per heavy atom. The van der Waals surface area contributed by atoms with Crippen LogP contribution in [0.15, 0.2) is 53.4 Å². The van der Waals surface area contributed by atoms with Crippen molar-refractivity contribution in [2.24, 2.45) is 0 Å². The van der Waals surface area contributed by atoms with Crippen molar-refractivity contribution >= 4 is 39.1 Å². The number of rotatable bonds is 6. The Bertz CT molecular complexity index is 1020. The molecule has 1 aliphatic rings. The number of aryl methyl sites for hydroxylation is 1. The minimum atomic E-state index is -3.66. The molecule has 1 fully saturated rings. The van der Waals surface area contributed by atoms with Gasteiger partial charge in [-0.3, -0.25) is 9.59 Å². The summed E-state index contributed by atoms with van der Waals surface area (Å²) in [4.78, 5) is 24.4. The molecule has 2 aromatic rings. The fraction of sp³-hybridized carbons (Fsp3) is 0.364. The second-order valence-corrected chi connectivity index (χ2v) is 9.91. The maximum atomic E-state index is 13.1. The van der Waals surface area contributed by atoms with E-state index in [1.165, 1.54) is 16.4 Å². The molecule has 0 unspecified atom stereocenters. The van der Waals surface area contributed by atoms with Gasteiger partial charge in [-0.25, -0.2) is 8.42 Å². The number of halogens is 1. The number of benzene rings is 2. The van der Waals surface area contributed by atoms with Crippen molar-refractivity contribution < 1.29 is 18.0 Å². The Morgan fingerprint density at radius 1 is 1.03 bits per heavy atom. The van der Waals surface area contributed by atoms with Crippen molar-refractivity contribution in [2.75, 3.05) is 18.4 Å². The summed E-state index contributed by atoms with van der Waals surface area (Å²) in [7, 11) is -3.66. The van der Waals surface area contributed by atoms with Crippen LogP contribution in [0.4, 0.5) is 5.69 Å². The highest BCUT2D eigenvalue weighted by Gasteiger charge is 2.33. The third-order valence-corrected chi connectivity index (χ3v) is 7.49. The van der Waals surface area contributed by atoms with Crippen molar-refractivity contribution in [3.63, 3.8) is 0 Å². The summed E-state index contributed by atoms with van der Waals surface area (Å²) in [6, 6.07) is 13.0. The predicted molar refractivity (Wildman–Crippen MR) is 120 cm³/mol. The smallest absolute Gasteiger partial charge is 0.313 e. The fourth-order valence-electron chi connectivity index (χ4n) is 3.58. The van der Waals surface area contributed by atoms with Crippen molar-refractivity contribution in [1.82, 2.24) is 9.62 Å². The van der Waals surface area contributed by atoms with Crippen LogP contribution in [-0.2, 0) is 19.6 Å². The Labute approximate surface area is 187 Å². The van der Waals surface area contributed by atoms with E-state index < -0.39 is 21.8 Å². The molecule has 1 saturated heterocycles. The van der Waals surface area contributed by atoms with E-state index >= 15 is 0 Å². The second kappa shape index (κ2) is 10.3. The number of carbonyl (C=O) groups excluding carboxylic acids is 2. The molecule has 1 aliphatic heterocycles. The van der Waals surface area contributed by atoms with Crippen LogP contribution in [0, 0.1) is 6.92 Å². The Morgan fingerprint density at radius 2 is 1.71 bits per heavy atom. The average molecular weight is 464 g/mol. The van der Waals surface area contributed by atoms with E-state index in [0.29, 0.717) is 30.1 Å². The first-order chi connectivity index (χ1) is 14.8. The zero-order chi connectivity index (χ0) is 22.4. The number of nitrogens with zero attached hydrogens (tertiary/aromatic N) is 1. The molecule has 7 nitrogen and oxygen atoms in total. The number of piperidine rings is 1. The van der Waals surface area contributed by atoms with Gasteiger partial charge >= 0.3 is 11.8 Å². The molecule has 31 heavy (non-hydrogen) atoms. The van der Waals surface area contributed by atoms with Crippen LogP contribution in [-0.4, -0.2) is 43.7 Å². The standard InChI is InChI=1S/C22H26ClN3O4S/c1-16-5-9-18(10-6-16)25-22(28)21(27)24-14-13-19-4-2-3-15-26(19)31(29,30)20-11-7-17(23)8-12-20/h5-12,19H,2-4,13-15H2,1H3,(H,24,27)(H,25,28)/t19-/m1/s1. The van der Waals surface area contributed by atoms with Gasteiger partial charge < -0.3 is 10.6 Å². The molecule has 0 aliphatic carbocycles. The van der Waals surface area contributed by atoms with Gasteiger partial charge in [0.25, 0.3) is 0 Å². The van der Waals surface area contributed by atoms with E-state index in [9.17, 15) is 18.0 Å². The van der Waals surface area contributed by atoms with Crippen molar-refractivity contribution in [1.29, 1.82) is 0 Å². The second-order valence-electron chi connectivity index (χ2n) is 7.58. The molecular formula is C22H26ClN3O4S. The molecule has 2 N–H and O–H groups in total. The molecule has 0 radical (unpaired) electrons. The van der Waals surface area contributed by atoms with Gasteiger partial charge in [0.05, 0.1) is 4.90 Å². The maximum Gasteiger partial charge on any atom is 0.313 e. The highest BCUT2D eigenvalue weighted by atomic mass is 35.5. The lowest BCUT2D eigenvalue weighted by molar-refractivity contribution is -0.136. The van der Waals surface area contributed by atoms with Gasteiger partial charge in [-0.2, -0.15) is 4.31 Å². The van der Waals surface area contributed by atoms with E-state index in [1.807, 2.05) is 19.1 Å². The normalized spacial score (nSPS) is 17.2. The molecule has 0 spiro atoms. The number of anilines is 1. The minimum absolute atomic E-state index is 0.199. The SMILES string of the molecule is Cc1ccc(NC(=O)C(=O)NCC[C@H]2CCCCN2S(=O)(=O)c2ccc(Cl)cc2)cc1. The van der Waals surface area contributed by atoms with Gasteiger partial charge in [0.2, 0.25) is 10.0 Å². The molecule has 1 atom stereocenters. The average Bonchev–Trinajstić information content (AvgIpc) is 2.76. The molecule has 2 amide bonds. The van der Waals surface area contributed by atoms with E-state index in [2.05, 4.69) is 10.6 Å². The molecule has 166 valence electrons. The van der Waals surface area contributed by atoms with E-state index in [4.69, 9.17) is 11.6 Å². The Kier molecular flexibility index (Phi) is 7.69. The maximum absolute atomic E-state index is 13.1.